The van der Waals surface area contributed by atoms with Gasteiger partial charge in [0.25, 0.3) is 0 Å². The van der Waals surface area contributed by atoms with Crippen LogP contribution in [0.2, 0.25) is 0 Å². The van der Waals surface area contributed by atoms with Gasteiger partial charge in [0.2, 0.25) is 11.6 Å². The van der Waals surface area contributed by atoms with Crippen molar-refractivity contribution in [2.45, 2.75) is 13.8 Å². The molecular weight excluding hydrogens is 285 g/mol. The van der Waals surface area contributed by atoms with Crippen molar-refractivity contribution in [2.24, 2.45) is 5.41 Å². The van der Waals surface area contributed by atoms with Gasteiger partial charge in [-0.2, -0.15) is 11.8 Å². The first-order valence-electron chi connectivity index (χ1n) is 4.69. The minimum absolute atomic E-state index is 0.0161. The summed E-state index contributed by atoms with van der Waals surface area (Å²) >= 11 is 9.94. The highest BCUT2D eigenvalue weighted by atomic mass is 32.9. The zero-order valence-electron chi connectivity index (χ0n) is 9.60. The molecule has 2 N–H and O–H groups in total. The summed E-state index contributed by atoms with van der Waals surface area (Å²) in [4.78, 5) is 20.5. The smallest absolute Gasteiger partial charge is 0.241 e. The highest BCUT2D eigenvalue weighted by molar-refractivity contribution is 8.59. The van der Waals surface area contributed by atoms with Crippen molar-refractivity contribution in [1.82, 2.24) is 5.32 Å². The van der Waals surface area contributed by atoms with E-state index in [1.54, 1.807) is 18.8 Å². The third-order valence-electron chi connectivity index (χ3n) is 1.79. The first-order chi connectivity index (χ1) is 7.19. The molecule has 8 heteroatoms. The maximum absolute atomic E-state index is 11.4. The van der Waals surface area contributed by atoms with Gasteiger partial charge in [0, 0.05) is 18.6 Å². The van der Waals surface area contributed by atoms with Crippen LogP contribution < -0.4 is 5.32 Å². The van der Waals surface area contributed by atoms with Gasteiger partial charge in [-0.05, 0) is 11.8 Å². The molecule has 0 aliphatic heterocycles. The van der Waals surface area contributed by atoms with Gasteiger partial charge in [-0.25, -0.2) is 0 Å². The van der Waals surface area contributed by atoms with E-state index < -0.39 is 11.1 Å². The normalized spacial score (nSPS) is 15.6. The Kier molecular flexibility index (Phi) is 7.57. The number of rotatable bonds is 7. The molecule has 0 fully saturated rings. The van der Waals surface area contributed by atoms with Crippen molar-refractivity contribution in [3.63, 3.8) is 0 Å². The molecule has 1 atom stereocenters. The molecule has 0 aromatic rings. The summed E-state index contributed by atoms with van der Waals surface area (Å²) in [6, 6.07) is 0. The van der Waals surface area contributed by atoms with Crippen molar-refractivity contribution < 1.29 is 14.2 Å². The Morgan fingerprint density at radius 2 is 2.25 bits per heavy atom. The number of nitrogens with one attached hydrogen (secondary N) is 1. The predicted molar refractivity (Wildman–Crippen MR) is 76.6 cm³/mol. The molecule has 0 aromatic carbocycles. The van der Waals surface area contributed by atoms with E-state index in [4.69, 9.17) is 9.42 Å². The second kappa shape index (κ2) is 7.24. The highest BCUT2D eigenvalue weighted by Gasteiger charge is 2.26. The molecule has 0 rings (SSSR count). The van der Waals surface area contributed by atoms with Crippen molar-refractivity contribution >= 4 is 47.4 Å². The van der Waals surface area contributed by atoms with Gasteiger partial charge in [0.1, 0.15) is 0 Å². The number of carbonyl (C=O) groups excluding carboxylic acids is 1. The van der Waals surface area contributed by atoms with E-state index in [2.05, 4.69) is 29.4 Å². The van der Waals surface area contributed by atoms with Crippen LogP contribution in [-0.2, 0) is 21.1 Å². The zero-order valence-corrected chi connectivity index (χ0v) is 13.0. The van der Waals surface area contributed by atoms with Crippen molar-refractivity contribution in [2.75, 3.05) is 25.2 Å². The van der Waals surface area contributed by atoms with E-state index in [1.807, 2.05) is 13.8 Å². The lowest BCUT2D eigenvalue weighted by molar-refractivity contribution is -0.127. The molecule has 0 saturated heterocycles. The van der Waals surface area contributed by atoms with Crippen LogP contribution in [0.25, 0.3) is 0 Å². The monoisotopic (exact) mass is 303 g/mol. The topological polar surface area (TPSA) is 58.6 Å². The molecular formula is C8H18NO3PS3. The Balaban J connectivity index is 3.74. The van der Waals surface area contributed by atoms with E-state index in [-0.39, 0.29) is 5.91 Å². The van der Waals surface area contributed by atoms with Crippen LogP contribution in [0.4, 0.5) is 0 Å². The summed E-state index contributed by atoms with van der Waals surface area (Å²) in [7, 11) is 1.63. The fourth-order valence-corrected chi connectivity index (χ4v) is 2.85. The number of hydrogen-bond donors (Lipinski definition) is 3. The maximum atomic E-state index is 11.4. The minimum Gasteiger partial charge on any atom is -0.359 e. The fraction of sp³-hybridized carbons (Fsp3) is 0.875. The molecule has 0 heterocycles. The fourth-order valence-electron chi connectivity index (χ4n) is 0.946. The predicted octanol–water partition coefficient (Wildman–Crippen LogP) is 1.66. The van der Waals surface area contributed by atoms with E-state index in [1.165, 1.54) is 0 Å². The van der Waals surface area contributed by atoms with Gasteiger partial charge >= 0.3 is 0 Å². The van der Waals surface area contributed by atoms with Gasteiger partial charge in [-0.3, -0.25) is 4.79 Å². The molecule has 1 amide bonds. The minimum atomic E-state index is -2.84. The summed E-state index contributed by atoms with van der Waals surface area (Å²) < 4.78 is 4.96. The van der Waals surface area contributed by atoms with Crippen LogP contribution in [0.1, 0.15) is 13.8 Å². The lowest BCUT2D eigenvalue weighted by Gasteiger charge is -2.21. The Morgan fingerprint density at radius 3 is 2.69 bits per heavy atom. The quantitative estimate of drug-likeness (QED) is 0.379. The average Bonchev–Trinajstić information content (AvgIpc) is 2.14. The highest BCUT2D eigenvalue weighted by Crippen LogP contribution is 2.47. The van der Waals surface area contributed by atoms with Gasteiger partial charge in [0.05, 0.1) is 12.0 Å². The number of carbonyl (C=O) groups is 1. The lowest BCUT2D eigenvalue weighted by atomic mass is 9.95. The molecule has 16 heavy (non-hydrogen) atoms. The third-order valence-corrected chi connectivity index (χ3v) is 4.35. The Bertz CT molecular complexity index is 280. The Labute approximate surface area is 111 Å². The number of hydrogen-bond acceptors (Lipinski definition) is 4. The van der Waals surface area contributed by atoms with Crippen molar-refractivity contribution in [3.8, 4) is 0 Å². The second-order valence-electron chi connectivity index (χ2n) is 3.84. The summed E-state index contributed by atoms with van der Waals surface area (Å²) in [5.41, 5.74) is -3.24. The Hall–Kier alpha value is 0.740. The van der Waals surface area contributed by atoms with Crippen LogP contribution in [0.5, 0.6) is 0 Å². The maximum Gasteiger partial charge on any atom is 0.241 e. The second-order valence-corrected chi connectivity index (χ2v) is 10.1. The van der Waals surface area contributed by atoms with Crippen molar-refractivity contribution in [1.29, 1.82) is 0 Å². The first-order valence-corrected chi connectivity index (χ1v) is 9.67. The zero-order chi connectivity index (χ0) is 12.8. The summed E-state index contributed by atoms with van der Waals surface area (Å²) in [6.45, 7) is 4.12. The van der Waals surface area contributed by atoms with Gasteiger partial charge < -0.3 is 14.7 Å². The molecule has 4 nitrogen and oxygen atoms in total. The van der Waals surface area contributed by atoms with E-state index in [9.17, 15) is 4.79 Å². The molecule has 1 unspecified atom stereocenters. The number of thioether (sulfide) groups is 1. The average molecular weight is 303 g/mol. The van der Waals surface area contributed by atoms with Gasteiger partial charge in [-0.15, -0.1) is 0 Å². The summed E-state index contributed by atoms with van der Waals surface area (Å²) in [5.74, 6) is 1.39. The SMILES string of the molecule is CNC(=O)C(C)(C)CSCCOP(O)(=S)S. The van der Waals surface area contributed by atoms with Crippen LogP contribution in [0.15, 0.2) is 0 Å². The van der Waals surface area contributed by atoms with Crippen LogP contribution >= 0.6 is 29.7 Å². The molecule has 0 aromatic heterocycles. The van der Waals surface area contributed by atoms with E-state index in [0.717, 1.165) is 0 Å². The number of thiol groups is 1. The molecule has 0 radical (unpaired) electrons. The van der Waals surface area contributed by atoms with E-state index in [0.29, 0.717) is 18.1 Å². The molecule has 0 aliphatic carbocycles. The molecule has 96 valence electrons. The standard InChI is InChI=1S/C8H18NO3PS3/c1-8(2,7(10)9-3)6-16-5-4-12-13(11,14)15/h4-6H2,1-3H3,(H,9,10)(H2,11,14,15). The van der Waals surface area contributed by atoms with Crippen LogP contribution in [0.3, 0.4) is 0 Å². The molecule has 0 spiro atoms. The van der Waals surface area contributed by atoms with Gasteiger partial charge in [-0.1, -0.05) is 26.1 Å². The molecule has 0 aliphatic rings. The summed E-state index contributed by atoms with van der Waals surface area (Å²) in [5, 5.41) is 2.62. The first kappa shape index (κ1) is 16.7. The van der Waals surface area contributed by atoms with Crippen molar-refractivity contribution in [3.05, 3.63) is 0 Å². The lowest BCUT2D eigenvalue weighted by Crippen LogP contribution is -2.36. The largest absolute Gasteiger partial charge is 0.359 e. The van der Waals surface area contributed by atoms with Crippen LogP contribution in [0, 0.1) is 5.41 Å². The van der Waals surface area contributed by atoms with E-state index >= 15 is 0 Å². The van der Waals surface area contributed by atoms with Crippen LogP contribution in [-0.4, -0.2) is 36.0 Å². The van der Waals surface area contributed by atoms with Gasteiger partial charge in [0.15, 0.2) is 0 Å². The Morgan fingerprint density at radius 1 is 1.69 bits per heavy atom. The number of amides is 1. The molecule has 0 saturated carbocycles. The summed E-state index contributed by atoms with van der Waals surface area (Å²) in [6.07, 6.45) is 0. The third kappa shape index (κ3) is 7.92. The molecule has 0 bridgehead atoms.